The van der Waals surface area contributed by atoms with Crippen LogP contribution in [0.5, 0.6) is 5.75 Å². The van der Waals surface area contributed by atoms with Gasteiger partial charge in [0, 0.05) is 18.8 Å². The number of carbonyl (C=O) groups excluding carboxylic acids is 2. The summed E-state index contributed by atoms with van der Waals surface area (Å²) in [5.41, 5.74) is 5.84. The molecule has 1 rings (SSSR count). The lowest BCUT2D eigenvalue weighted by molar-refractivity contribution is -0.138. The first-order valence-corrected chi connectivity index (χ1v) is 6.14. The van der Waals surface area contributed by atoms with E-state index in [4.69, 9.17) is 15.6 Å². The monoisotopic (exact) mass is 295 g/mol. The zero-order chi connectivity index (χ0) is 15.8. The van der Waals surface area contributed by atoms with Crippen molar-refractivity contribution < 1.29 is 24.2 Å². The summed E-state index contributed by atoms with van der Waals surface area (Å²) in [5, 5.41) is 13.5. The Morgan fingerprint density at radius 3 is 2.71 bits per heavy atom. The van der Waals surface area contributed by atoms with Crippen molar-refractivity contribution >= 4 is 23.5 Å². The summed E-state index contributed by atoms with van der Waals surface area (Å²) >= 11 is 0. The van der Waals surface area contributed by atoms with E-state index in [0.29, 0.717) is 11.4 Å². The fraction of sp³-hybridized carbons (Fsp3) is 0.308. The zero-order valence-electron chi connectivity index (χ0n) is 11.5. The third kappa shape index (κ3) is 5.91. The SMILES string of the molecule is CNC(=O)COc1cccc(NC(=O)C(N)CC(=O)O)c1. The van der Waals surface area contributed by atoms with E-state index in [9.17, 15) is 14.4 Å². The number of hydrogen-bond acceptors (Lipinski definition) is 5. The lowest BCUT2D eigenvalue weighted by atomic mass is 10.2. The minimum absolute atomic E-state index is 0.146. The van der Waals surface area contributed by atoms with Gasteiger partial charge in [-0.05, 0) is 12.1 Å². The van der Waals surface area contributed by atoms with E-state index >= 15 is 0 Å². The summed E-state index contributed by atoms with van der Waals surface area (Å²) < 4.78 is 5.22. The van der Waals surface area contributed by atoms with Crippen molar-refractivity contribution in [2.75, 3.05) is 19.0 Å². The molecule has 1 aromatic carbocycles. The van der Waals surface area contributed by atoms with Gasteiger partial charge in [-0.3, -0.25) is 14.4 Å². The van der Waals surface area contributed by atoms with E-state index in [1.54, 1.807) is 18.2 Å². The Hall–Kier alpha value is -2.61. The maximum atomic E-state index is 11.7. The van der Waals surface area contributed by atoms with E-state index < -0.39 is 24.3 Å². The summed E-state index contributed by atoms with van der Waals surface area (Å²) in [7, 11) is 1.49. The molecule has 0 fully saturated rings. The molecule has 2 amide bonds. The molecule has 1 unspecified atom stereocenters. The predicted octanol–water partition coefficient (Wildman–Crippen LogP) is -0.448. The molecule has 0 saturated heterocycles. The van der Waals surface area contributed by atoms with Crippen molar-refractivity contribution in [2.45, 2.75) is 12.5 Å². The average Bonchev–Trinajstić information content (AvgIpc) is 2.44. The molecule has 0 aliphatic rings. The summed E-state index contributed by atoms with van der Waals surface area (Å²) in [5.74, 6) is -1.66. The van der Waals surface area contributed by atoms with Gasteiger partial charge in [0.2, 0.25) is 5.91 Å². The van der Waals surface area contributed by atoms with Crippen LogP contribution in [0.15, 0.2) is 24.3 Å². The van der Waals surface area contributed by atoms with Gasteiger partial charge in [-0.2, -0.15) is 0 Å². The molecule has 1 aromatic rings. The van der Waals surface area contributed by atoms with Crippen molar-refractivity contribution in [1.82, 2.24) is 5.32 Å². The highest BCUT2D eigenvalue weighted by Crippen LogP contribution is 2.17. The molecular weight excluding hydrogens is 278 g/mol. The Balaban J connectivity index is 2.61. The van der Waals surface area contributed by atoms with Crippen LogP contribution in [-0.2, 0) is 14.4 Å². The van der Waals surface area contributed by atoms with E-state index in [1.165, 1.54) is 13.1 Å². The fourth-order valence-corrected chi connectivity index (χ4v) is 1.40. The molecule has 21 heavy (non-hydrogen) atoms. The molecule has 114 valence electrons. The maximum absolute atomic E-state index is 11.7. The molecule has 1 atom stereocenters. The Morgan fingerprint density at radius 2 is 2.10 bits per heavy atom. The molecule has 5 N–H and O–H groups in total. The van der Waals surface area contributed by atoms with Gasteiger partial charge in [-0.25, -0.2) is 0 Å². The minimum Gasteiger partial charge on any atom is -0.484 e. The molecule has 0 saturated carbocycles. The second-order valence-corrected chi connectivity index (χ2v) is 4.18. The van der Waals surface area contributed by atoms with E-state index in [2.05, 4.69) is 10.6 Å². The first-order chi connectivity index (χ1) is 9.92. The highest BCUT2D eigenvalue weighted by atomic mass is 16.5. The molecule has 0 aromatic heterocycles. The van der Waals surface area contributed by atoms with Gasteiger partial charge in [0.1, 0.15) is 5.75 Å². The third-order valence-electron chi connectivity index (χ3n) is 2.48. The van der Waals surface area contributed by atoms with E-state index in [0.717, 1.165) is 0 Å². The number of benzene rings is 1. The van der Waals surface area contributed by atoms with Crippen molar-refractivity contribution in [3.63, 3.8) is 0 Å². The van der Waals surface area contributed by atoms with Crippen LogP contribution in [0.2, 0.25) is 0 Å². The van der Waals surface area contributed by atoms with Crippen LogP contribution in [0, 0.1) is 0 Å². The molecule has 8 nitrogen and oxygen atoms in total. The number of amides is 2. The van der Waals surface area contributed by atoms with Crippen LogP contribution < -0.4 is 21.1 Å². The number of carboxylic acid groups (broad SMARTS) is 1. The van der Waals surface area contributed by atoms with Crippen molar-refractivity contribution in [2.24, 2.45) is 5.73 Å². The number of likely N-dealkylation sites (N-methyl/N-ethyl adjacent to an activating group) is 1. The van der Waals surface area contributed by atoms with Crippen molar-refractivity contribution in [1.29, 1.82) is 0 Å². The summed E-state index contributed by atoms with van der Waals surface area (Å²) in [4.78, 5) is 33.2. The van der Waals surface area contributed by atoms with Crippen molar-refractivity contribution in [3.8, 4) is 5.75 Å². The van der Waals surface area contributed by atoms with Gasteiger partial charge in [-0.1, -0.05) is 6.07 Å². The number of ether oxygens (including phenoxy) is 1. The van der Waals surface area contributed by atoms with Crippen LogP contribution in [-0.4, -0.2) is 42.6 Å². The molecule has 0 spiro atoms. The summed E-state index contributed by atoms with van der Waals surface area (Å²) in [6.45, 7) is -0.146. The number of anilines is 1. The van der Waals surface area contributed by atoms with E-state index in [-0.39, 0.29) is 12.5 Å². The van der Waals surface area contributed by atoms with E-state index in [1.807, 2.05) is 0 Å². The molecule has 0 aliphatic heterocycles. The second kappa shape index (κ2) is 7.85. The first kappa shape index (κ1) is 16.4. The Morgan fingerprint density at radius 1 is 1.38 bits per heavy atom. The van der Waals surface area contributed by atoms with Gasteiger partial charge >= 0.3 is 5.97 Å². The fourth-order valence-electron chi connectivity index (χ4n) is 1.40. The molecule has 0 radical (unpaired) electrons. The quantitative estimate of drug-likeness (QED) is 0.539. The van der Waals surface area contributed by atoms with Gasteiger partial charge in [0.25, 0.3) is 5.91 Å². The molecule has 0 bridgehead atoms. The highest BCUT2D eigenvalue weighted by molar-refractivity contribution is 5.96. The van der Waals surface area contributed by atoms with Gasteiger partial charge in [-0.15, -0.1) is 0 Å². The van der Waals surface area contributed by atoms with Crippen LogP contribution >= 0.6 is 0 Å². The number of hydrogen-bond donors (Lipinski definition) is 4. The minimum atomic E-state index is -1.15. The molecule has 0 aliphatic carbocycles. The van der Waals surface area contributed by atoms with Crippen LogP contribution in [0.4, 0.5) is 5.69 Å². The number of rotatable bonds is 7. The zero-order valence-corrected chi connectivity index (χ0v) is 11.5. The largest absolute Gasteiger partial charge is 0.484 e. The first-order valence-electron chi connectivity index (χ1n) is 6.14. The smallest absolute Gasteiger partial charge is 0.305 e. The Bertz CT molecular complexity index is 532. The highest BCUT2D eigenvalue weighted by Gasteiger charge is 2.17. The number of nitrogens with two attached hydrogens (primary N) is 1. The van der Waals surface area contributed by atoms with Gasteiger partial charge in [0.05, 0.1) is 12.5 Å². The second-order valence-electron chi connectivity index (χ2n) is 4.18. The normalized spacial score (nSPS) is 11.3. The van der Waals surface area contributed by atoms with Gasteiger partial charge < -0.3 is 26.2 Å². The van der Waals surface area contributed by atoms with Crippen molar-refractivity contribution in [3.05, 3.63) is 24.3 Å². The number of carbonyl (C=O) groups is 3. The Kier molecular flexibility index (Phi) is 6.15. The lowest BCUT2D eigenvalue weighted by Crippen LogP contribution is -2.37. The number of aliphatic carboxylic acids is 1. The van der Waals surface area contributed by atoms with Crippen LogP contribution in [0.25, 0.3) is 0 Å². The molecular formula is C13H17N3O5. The molecule has 8 heteroatoms. The third-order valence-corrected chi connectivity index (χ3v) is 2.48. The molecule has 0 heterocycles. The summed E-state index contributed by atoms with van der Waals surface area (Å²) in [6, 6.07) is 5.21. The average molecular weight is 295 g/mol. The number of carboxylic acids is 1. The number of nitrogens with one attached hydrogen (secondary N) is 2. The topological polar surface area (TPSA) is 131 Å². The summed E-state index contributed by atoms with van der Waals surface area (Å²) in [6.07, 6.45) is -0.460. The van der Waals surface area contributed by atoms with Gasteiger partial charge in [0.15, 0.2) is 6.61 Å². The van der Waals surface area contributed by atoms with Crippen LogP contribution in [0.1, 0.15) is 6.42 Å². The van der Waals surface area contributed by atoms with Crippen LogP contribution in [0.3, 0.4) is 0 Å². The maximum Gasteiger partial charge on any atom is 0.305 e. The lowest BCUT2D eigenvalue weighted by Gasteiger charge is -2.11. The predicted molar refractivity (Wildman–Crippen MR) is 74.9 cm³/mol. The standard InChI is InChI=1S/C13H17N3O5/c1-15-11(17)7-21-9-4-2-3-8(5-9)16-13(20)10(14)6-12(18)19/h2-5,10H,6-7,14H2,1H3,(H,15,17)(H,16,20)(H,18,19). The Labute approximate surface area is 121 Å².